The third-order valence-electron chi connectivity index (χ3n) is 3.14. The highest BCUT2D eigenvalue weighted by Gasteiger charge is 2.13. The molecule has 0 spiro atoms. The number of nitrogens with one attached hydrogen (secondary N) is 1. The van der Waals surface area contributed by atoms with Gasteiger partial charge in [-0.1, -0.05) is 13.0 Å². The summed E-state index contributed by atoms with van der Waals surface area (Å²) in [6, 6.07) is 7.21. The summed E-state index contributed by atoms with van der Waals surface area (Å²) in [5.74, 6) is 0. The van der Waals surface area contributed by atoms with E-state index in [4.69, 9.17) is 0 Å². The molecular weight excluding hydrogens is 210 g/mol. The molecule has 1 aromatic heterocycles. The maximum atomic E-state index is 4.36. The first kappa shape index (κ1) is 14.1. The quantitative estimate of drug-likeness (QED) is 0.786. The van der Waals surface area contributed by atoms with E-state index in [-0.39, 0.29) is 0 Å². The van der Waals surface area contributed by atoms with Crippen LogP contribution in [0, 0.1) is 0 Å². The Kier molecular flexibility index (Phi) is 6.16. The highest BCUT2D eigenvalue weighted by Crippen LogP contribution is 2.08. The Bertz CT molecular complexity index is 300. The molecule has 0 aliphatic heterocycles. The molecule has 0 saturated heterocycles. The normalized spacial score (nSPS) is 14.9. The molecule has 17 heavy (non-hydrogen) atoms. The van der Waals surface area contributed by atoms with E-state index in [2.05, 4.69) is 49.1 Å². The Hall–Kier alpha value is -0.930. The second-order valence-electron chi connectivity index (χ2n) is 4.78. The minimum Gasteiger partial charge on any atom is -0.314 e. The van der Waals surface area contributed by atoms with Crippen molar-refractivity contribution in [1.29, 1.82) is 0 Å². The molecule has 0 aliphatic carbocycles. The van der Waals surface area contributed by atoms with E-state index in [9.17, 15) is 0 Å². The van der Waals surface area contributed by atoms with Gasteiger partial charge in [-0.05, 0) is 46.0 Å². The van der Waals surface area contributed by atoms with Crippen molar-refractivity contribution in [1.82, 2.24) is 15.2 Å². The average molecular weight is 235 g/mol. The van der Waals surface area contributed by atoms with Gasteiger partial charge in [0.25, 0.3) is 0 Å². The van der Waals surface area contributed by atoms with Gasteiger partial charge in [-0.3, -0.25) is 9.88 Å². The van der Waals surface area contributed by atoms with Gasteiger partial charge >= 0.3 is 0 Å². The van der Waals surface area contributed by atoms with Crippen molar-refractivity contribution >= 4 is 0 Å². The summed E-state index contributed by atoms with van der Waals surface area (Å²) in [7, 11) is 2.16. The van der Waals surface area contributed by atoms with E-state index in [1.807, 2.05) is 18.3 Å². The van der Waals surface area contributed by atoms with Crippen LogP contribution in [0.1, 0.15) is 32.9 Å². The van der Waals surface area contributed by atoms with Crippen molar-refractivity contribution in [2.45, 2.75) is 45.8 Å². The Morgan fingerprint density at radius 2 is 2.12 bits per heavy atom. The summed E-state index contributed by atoms with van der Waals surface area (Å²) in [5, 5.41) is 3.45. The van der Waals surface area contributed by atoms with Gasteiger partial charge < -0.3 is 5.32 Å². The molecule has 1 rings (SSSR count). The highest BCUT2D eigenvalue weighted by molar-refractivity contribution is 5.03. The summed E-state index contributed by atoms with van der Waals surface area (Å²) in [4.78, 5) is 6.72. The van der Waals surface area contributed by atoms with Crippen LogP contribution in [-0.2, 0) is 6.54 Å². The molecule has 3 heteroatoms. The number of aromatic nitrogens is 1. The molecule has 0 radical (unpaired) electrons. The molecule has 0 amide bonds. The van der Waals surface area contributed by atoms with Crippen molar-refractivity contribution in [2.24, 2.45) is 0 Å². The molecule has 0 saturated carbocycles. The Labute approximate surface area is 105 Å². The Morgan fingerprint density at radius 1 is 1.35 bits per heavy atom. The van der Waals surface area contributed by atoms with E-state index < -0.39 is 0 Å². The first-order valence-corrected chi connectivity index (χ1v) is 6.47. The van der Waals surface area contributed by atoms with Crippen LogP contribution in [-0.4, -0.2) is 35.6 Å². The summed E-state index contributed by atoms with van der Waals surface area (Å²) in [6.07, 6.45) is 3.02. The molecule has 0 aromatic carbocycles. The van der Waals surface area contributed by atoms with Crippen molar-refractivity contribution in [3.63, 3.8) is 0 Å². The molecule has 2 atom stereocenters. The molecule has 0 bridgehead atoms. The summed E-state index contributed by atoms with van der Waals surface area (Å²) in [5.41, 5.74) is 1.14. The molecular formula is C14H25N3. The molecule has 0 fully saturated rings. The predicted octanol–water partition coefficient (Wildman–Crippen LogP) is 2.29. The van der Waals surface area contributed by atoms with Crippen molar-refractivity contribution in [3.05, 3.63) is 30.1 Å². The molecule has 0 aliphatic rings. The fourth-order valence-electron chi connectivity index (χ4n) is 2.03. The lowest BCUT2D eigenvalue weighted by Gasteiger charge is -2.27. The molecule has 96 valence electrons. The lowest BCUT2D eigenvalue weighted by atomic mass is 10.1. The second-order valence-corrected chi connectivity index (χ2v) is 4.78. The number of hydrogen-bond acceptors (Lipinski definition) is 3. The minimum absolute atomic E-state index is 0.561. The smallest absolute Gasteiger partial charge is 0.0543 e. The first-order chi connectivity index (χ1) is 8.13. The van der Waals surface area contributed by atoms with Crippen LogP contribution in [0.4, 0.5) is 0 Å². The Balaban J connectivity index is 2.39. The van der Waals surface area contributed by atoms with E-state index in [1.54, 1.807) is 0 Å². The lowest BCUT2D eigenvalue weighted by molar-refractivity contribution is 0.221. The third-order valence-corrected chi connectivity index (χ3v) is 3.14. The van der Waals surface area contributed by atoms with Crippen molar-refractivity contribution < 1.29 is 0 Å². The van der Waals surface area contributed by atoms with Crippen LogP contribution < -0.4 is 5.32 Å². The minimum atomic E-state index is 0.561. The van der Waals surface area contributed by atoms with Gasteiger partial charge in [0, 0.05) is 24.8 Å². The molecule has 1 heterocycles. The maximum absolute atomic E-state index is 4.36. The predicted molar refractivity (Wildman–Crippen MR) is 72.9 cm³/mol. The van der Waals surface area contributed by atoms with E-state index >= 15 is 0 Å². The monoisotopic (exact) mass is 235 g/mol. The van der Waals surface area contributed by atoms with Gasteiger partial charge in [0.1, 0.15) is 0 Å². The fourth-order valence-corrected chi connectivity index (χ4v) is 2.03. The zero-order valence-corrected chi connectivity index (χ0v) is 11.5. The van der Waals surface area contributed by atoms with Gasteiger partial charge in [-0.25, -0.2) is 0 Å². The van der Waals surface area contributed by atoms with Gasteiger partial charge in [-0.15, -0.1) is 0 Å². The standard InChI is InChI=1S/C14H25N3/c1-5-15-12(2)10-13(3)17(4)11-14-8-6-7-9-16-14/h6-9,12-13,15H,5,10-11H2,1-4H3. The van der Waals surface area contributed by atoms with Crippen LogP contribution in [0.3, 0.4) is 0 Å². The number of hydrogen-bond donors (Lipinski definition) is 1. The third kappa shape index (κ3) is 5.29. The van der Waals surface area contributed by atoms with Crippen LogP contribution in [0.5, 0.6) is 0 Å². The van der Waals surface area contributed by atoms with Crippen molar-refractivity contribution in [2.75, 3.05) is 13.6 Å². The van der Waals surface area contributed by atoms with Gasteiger partial charge in [0.05, 0.1) is 5.69 Å². The maximum Gasteiger partial charge on any atom is 0.0543 e. The van der Waals surface area contributed by atoms with Gasteiger partial charge in [0.2, 0.25) is 0 Å². The number of rotatable bonds is 7. The first-order valence-electron chi connectivity index (χ1n) is 6.47. The number of nitrogens with zero attached hydrogens (tertiary/aromatic N) is 2. The summed E-state index contributed by atoms with van der Waals surface area (Å²) >= 11 is 0. The highest BCUT2D eigenvalue weighted by atomic mass is 15.1. The Morgan fingerprint density at radius 3 is 2.71 bits per heavy atom. The molecule has 1 N–H and O–H groups in total. The molecule has 1 aromatic rings. The van der Waals surface area contributed by atoms with E-state index in [1.165, 1.54) is 0 Å². The van der Waals surface area contributed by atoms with Crippen LogP contribution in [0.25, 0.3) is 0 Å². The van der Waals surface area contributed by atoms with Gasteiger partial charge in [0.15, 0.2) is 0 Å². The van der Waals surface area contributed by atoms with Crippen LogP contribution in [0.2, 0.25) is 0 Å². The van der Waals surface area contributed by atoms with Gasteiger partial charge in [-0.2, -0.15) is 0 Å². The number of pyridine rings is 1. The van der Waals surface area contributed by atoms with E-state index in [0.29, 0.717) is 12.1 Å². The average Bonchev–Trinajstić information content (AvgIpc) is 2.30. The zero-order valence-electron chi connectivity index (χ0n) is 11.5. The summed E-state index contributed by atoms with van der Waals surface area (Å²) < 4.78 is 0. The molecule has 2 unspecified atom stereocenters. The zero-order chi connectivity index (χ0) is 12.7. The van der Waals surface area contributed by atoms with Crippen molar-refractivity contribution in [3.8, 4) is 0 Å². The van der Waals surface area contributed by atoms with E-state index in [0.717, 1.165) is 25.2 Å². The summed E-state index contributed by atoms with van der Waals surface area (Å²) in [6.45, 7) is 8.63. The second kappa shape index (κ2) is 7.41. The lowest BCUT2D eigenvalue weighted by Crippen LogP contribution is -2.36. The van der Waals surface area contributed by atoms with Crippen LogP contribution >= 0.6 is 0 Å². The topological polar surface area (TPSA) is 28.2 Å². The largest absolute Gasteiger partial charge is 0.314 e. The molecule has 3 nitrogen and oxygen atoms in total. The SMILES string of the molecule is CCNC(C)CC(C)N(C)Cc1ccccn1. The van der Waals surface area contributed by atoms with Crippen LogP contribution in [0.15, 0.2) is 24.4 Å². The fraction of sp³-hybridized carbons (Fsp3) is 0.643.